The Labute approximate surface area is 188 Å². The predicted octanol–water partition coefficient (Wildman–Crippen LogP) is 4.00. The number of hydrogen-bond donors (Lipinski definition) is 1. The molecule has 0 radical (unpaired) electrons. The molecule has 1 aromatic carbocycles. The Kier molecular flexibility index (Phi) is 7.02. The Bertz CT molecular complexity index is 986. The summed E-state index contributed by atoms with van der Waals surface area (Å²) in [6.07, 6.45) is 5.40. The van der Waals surface area contributed by atoms with Gasteiger partial charge in [0.25, 0.3) is 5.56 Å². The van der Waals surface area contributed by atoms with E-state index in [1.807, 2.05) is 31.2 Å². The summed E-state index contributed by atoms with van der Waals surface area (Å²) >= 11 is 1.37. The number of rotatable bonds is 6. The molecule has 31 heavy (non-hydrogen) atoms. The molecule has 4 rings (SSSR count). The summed E-state index contributed by atoms with van der Waals surface area (Å²) in [5, 5.41) is 4.12. The Morgan fingerprint density at radius 2 is 2.06 bits per heavy atom. The van der Waals surface area contributed by atoms with Crippen LogP contribution in [-0.4, -0.2) is 39.5 Å². The lowest BCUT2D eigenvalue weighted by atomic mass is 9.78. The van der Waals surface area contributed by atoms with Crippen LogP contribution in [0.5, 0.6) is 0 Å². The maximum Gasteiger partial charge on any atom is 0.262 e. The number of para-hydroxylation sites is 1. The van der Waals surface area contributed by atoms with E-state index in [0.29, 0.717) is 34.4 Å². The minimum Gasteiger partial charge on any atom is -0.376 e. The fourth-order valence-corrected chi connectivity index (χ4v) is 5.62. The van der Waals surface area contributed by atoms with Crippen LogP contribution in [0.1, 0.15) is 52.9 Å². The number of fused-ring (bicyclic) bond motifs is 1. The van der Waals surface area contributed by atoms with Crippen LogP contribution in [-0.2, 0) is 16.1 Å². The van der Waals surface area contributed by atoms with Gasteiger partial charge in [0.1, 0.15) is 0 Å². The summed E-state index contributed by atoms with van der Waals surface area (Å²) in [7, 11) is 0. The molecule has 6 nitrogen and oxygen atoms in total. The minimum atomic E-state index is -0.340. The first-order chi connectivity index (χ1) is 14.9. The quantitative estimate of drug-likeness (QED) is 0.540. The van der Waals surface area contributed by atoms with Crippen molar-refractivity contribution in [1.29, 1.82) is 0 Å². The summed E-state index contributed by atoms with van der Waals surface area (Å²) in [5.41, 5.74) is 0.604. The lowest BCUT2D eigenvalue weighted by Crippen LogP contribution is -2.46. The highest BCUT2D eigenvalue weighted by Crippen LogP contribution is 2.30. The monoisotopic (exact) mass is 443 g/mol. The average molecular weight is 444 g/mol. The van der Waals surface area contributed by atoms with Crippen LogP contribution in [0.4, 0.5) is 0 Å². The van der Waals surface area contributed by atoms with Gasteiger partial charge in [-0.3, -0.25) is 14.2 Å². The summed E-state index contributed by atoms with van der Waals surface area (Å²) < 4.78 is 7.48. The van der Waals surface area contributed by atoms with E-state index < -0.39 is 0 Å². The highest BCUT2D eigenvalue weighted by molar-refractivity contribution is 8.00. The number of hydrogen-bond acceptors (Lipinski definition) is 5. The zero-order valence-corrected chi connectivity index (χ0v) is 19.5. The Balaban J connectivity index is 1.55. The van der Waals surface area contributed by atoms with Crippen molar-refractivity contribution < 1.29 is 9.53 Å². The van der Waals surface area contributed by atoms with E-state index in [1.165, 1.54) is 18.2 Å². The maximum atomic E-state index is 13.2. The molecule has 1 aliphatic heterocycles. The number of carbonyl (C=O) groups is 1. The van der Waals surface area contributed by atoms with E-state index in [1.54, 1.807) is 4.57 Å². The summed E-state index contributed by atoms with van der Waals surface area (Å²) in [6, 6.07) is 7.63. The Morgan fingerprint density at radius 3 is 2.84 bits per heavy atom. The second-order valence-electron chi connectivity index (χ2n) is 9.10. The van der Waals surface area contributed by atoms with Gasteiger partial charge in [0.05, 0.1) is 28.8 Å². The molecule has 2 aliphatic rings. The highest BCUT2D eigenvalue weighted by atomic mass is 32.2. The molecule has 5 atom stereocenters. The molecule has 5 unspecified atom stereocenters. The van der Waals surface area contributed by atoms with E-state index in [9.17, 15) is 9.59 Å². The molecule has 1 N–H and O–H groups in total. The molecule has 1 amide bonds. The zero-order valence-electron chi connectivity index (χ0n) is 18.7. The summed E-state index contributed by atoms with van der Waals surface area (Å²) in [5.74, 6) is 1.12. The van der Waals surface area contributed by atoms with Crippen molar-refractivity contribution in [3.8, 4) is 0 Å². The number of benzene rings is 1. The fraction of sp³-hybridized carbons (Fsp3) is 0.625. The van der Waals surface area contributed by atoms with Gasteiger partial charge in [0.15, 0.2) is 5.16 Å². The van der Waals surface area contributed by atoms with Crippen molar-refractivity contribution >= 4 is 28.6 Å². The van der Waals surface area contributed by atoms with E-state index in [-0.39, 0.29) is 28.9 Å². The maximum absolute atomic E-state index is 13.2. The van der Waals surface area contributed by atoms with Crippen LogP contribution < -0.4 is 10.9 Å². The van der Waals surface area contributed by atoms with Gasteiger partial charge >= 0.3 is 0 Å². The van der Waals surface area contributed by atoms with E-state index in [0.717, 1.165) is 32.3 Å². The summed E-state index contributed by atoms with van der Waals surface area (Å²) in [6.45, 7) is 7.61. The van der Waals surface area contributed by atoms with Gasteiger partial charge < -0.3 is 10.1 Å². The van der Waals surface area contributed by atoms with Gasteiger partial charge in [-0.15, -0.1) is 0 Å². The molecule has 2 heterocycles. The van der Waals surface area contributed by atoms with E-state index in [2.05, 4.69) is 19.2 Å². The number of ether oxygens (including phenoxy) is 1. The van der Waals surface area contributed by atoms with Crippen LogP contribution in [0.3, 0.4) is 0 Å². The van der Waals surface area contributed by atoms with Gasteiger partial charge in [0.2, 0.25) is 5.91 Å². The predicted molar refractivity (Wildman–Crippen MR) is 124 cm³/mol. The largest absolute Gasteiger partial charge is 0.376 e. The van der Waals surface area contributed by atoms with Gasteiger partial charge in [-0.25, -0.2) is 4.98 Å². The van der Waals surface area contributed by atoms with Crippen molar-refractivity contribution in [2.45, 2.75) is 82.0 Å². The first-order valence-electron chi connectivity index (χ1n) is 11.5. The first-order valence-corrected chi connectivity index (χ1v) is 12.4. The van der Waals surface area contributed by atoms with E-state index >= 15 is 0 Å². The van der Waals surface area contributed by atoms with Gasteiger partial charge in [-0.1, -0.05) is 50.6 Å². The Hall–Kier alpha value is -1.86. The van der Waals surface area contributed by atoms with Gasteiger partial charge in [0, 0.05) is 12.6 Å². The second-order valence-corrected chi connectivity index (χ2v) is 10.4. The van der Waals surface area contributed by atoms with Crippen molar-refractivity contribution in [3.05, 3.63) is 34.6 Å². The van der Waals surface area contributed by atoms with Crippen molar-refractivity contribution in [1.82, 2.24) is 14.9 Å². The molecule has 0 spiro atoms. The molecule has 1 saturated heterocycles. The minimum absolute atomic E-state index is 0.0158. The molecule has 168 valence electrons. The fourth-order valence-electron chi connectivity index (χ4n) is 4.69. The number of carbonyl (C=O) groups excluding carboxylic acids is 1. The first kappa shape index (κ1) is 22.3. The smallest absolute Gasteiger partial charge is 0.262 e. The van der Waals surface area contributed by atoms with Crippen LogP contribution in [0.15, 0.2) is 34.2 Å². The number of aromatic nitrogens is 2. The standard InChI is InChI=1S/C24H33N3O3S/c1-15-8-6-12-20(16(15)2)25-22(28)17(3)31-24-26-21-11-5-4-10-19(21)23(29)27(24)14-18-9-7-13-30-18/h4-5,10-11,15-18,20H,6-9,12-14H2,1-3H3,(H,25,28). The Morgan fingerprint density at radius 1 is 1.26 bits per heavy atom. The number of amides is 1. The molecule has 2 aromatic rings. The molecule has 2 fully saturated rings. The van der Waals surface area contributed by atoms with Gasteiger partial charge in [-0.05, 0) is 50.2 Å². The van der Waals surface area contributed by atoms with Crippen molar-refractivity contribution in [2.75, 3.05) is 6.61 Å². The van der Waals surface area contributed by atoms with E-state index in [4.69, 9.17) is 9.72 Å². The molecule has 0 bridgehead atoms. The second kappa shape index (κ2) is 9.74. The lowest BCUT2D eigenvalue weighted by Gasteiger charge is -2.35. The molecule has 1 aromatic heterocycles. The lowest BCUT2D eigenvalue weighted by molar-refractivity contribution is -0.121. The third-order valence-electron chi connectivity index (χ3n) is 6.92. The van der Waals surface area contributed by atoms with Crippen molar-refractivity contribution in [3.63, 3.8) is 0 Å². The number of thioether (sulfide) groups is 1. The van der Waals surface area contributed by atoms with Crippen LogP contribution in [0.25, 0.3) is 10.9 Å². The SMILES string of the molecule is CC(Sc1nc2ccccc2c(=O)n1CC1CCCO1)C(=O)NC1CCCC(C)C1C. The van der Waals surface area contributed by atoms with Crippen LogP contribution in [0.2, 0.25) is 0 Å². The van der Waals surface area contributed by atoms with Gasteiger partial charge in [-0.2, -0.15) is 0 Å². The third-order valence-corrected chi connectivity index (χ3v) is 8.01. The molecular weight excluding hydrogens is 410 g/mol. The number of nitrogens with zero attached hydrogens (tertiary/aromatic N) is 2. The topological polar surface area (TPSA) is 73.2 Å². The third kappa shape index (κ3) is 4.98. The molecule has 1 saturated carbocycles. The highest BCUT2D eigenvalue weighted by Gasteiger charge is 2.30. The summed E-state index contributed by atoms with van der Waals surface area (Å²) in [4.78, 5) is 31.0. The number of nitrogens with one attached hydrogen (secondary N) is 1. The molecular formula is C24H33N3O3S. The molecule has 7 heteroatoms. The van der Waals surface area contributed by atoms with Crippen molar-refractivity contribution in [2.24, 2.45) is 11.8 Å². The zero-order chi connectivity index (χ0) is 22.0. The normalized spacial score (nSPS) is 27.3. The molecule has 1 aliphatic carbocycles. The van der Waals surface area contributed by atoms with Crippen LogP contribution >= 0.6 is 11.8 Å². The average Bonchev–Trinajstić information content (AvgIpc) is 3.27. The van der Waals surface area contributed by atoms with Crippen LogP contribution in [0, 0.1) is 11.8 Å².